The van der Waals surface area contributed by atoms with Crippen LogP contribution in [0.1, 0.15) is 31.9 Å². The lowest BCUT2D eigenvalue weighted by atomic mass is 10.1. The molecule has 5 atom stereocenters. The number of hydrogen-bond donors (Lipinski definition) is 0. The van der Waals surface area contributed by atoms with E-state index in [0.29, 0.717) is 0 Å². The molecule has 2 fully saturated rings. The molecule has 0 aromatic heterocycles. The third kappa shape index (κ3) is 7.38. The van der Waals surface area contributed by atoms with E-state index in [2.05, 4.69) is 0 Å². The van der Waals surface area contributed by atoms with E-state index < -0.39 is 52.6 Å². The van der Waals surface area contributed by atoms with E-state index in [1.165, 1.54) is 19.1 Å². The lowest BCUT2D eigenvalue weighted by Crippen LogP contribution is -2.46. The Balaban J connectivity index is 1.43. The highest BCUT2D eigenvalue weighted by Crippen LogP contribution is 2.40. The predicted molar refractivity (Wildman–Crippen MR) is 134 cm³/mol. The Morgan fingerprint density at radius 1 is 1.03 bits per heavy atom. The molecule has 0 spiro atoms. The molecule has 2 aliphatic rings. The summed E-state index contributed by atoms with van der Waals surface area (Å²) in [7, 11) is -3.96. The summed E-state index contributed by atoms with van der Waals surface area (Å²) >= 11 is 0. The van der Waals surface area contributed by atoms with Gasteiger partial charge in [-0.3, -0.25) is 8.98 Å². The van der Waals surface area contributed by atoms with E-state index in [1.807, 2.05) is 37.3 Å². The normalized spacial score (nSPS) is 25.2. The van der Waals surface area contributed by atoms with E-state index >= 15 is 0 Å². The second kappa shape index (κ2) is 12.2. The molecular formula is C27H34O10S. The Kier molecular flexibility index (Phi) is 9.19. The van der Waals surface area contributed by atoms with Crippen LogP contribution in [0.25, 0.3) is 0 Å². The number of rotatable bonds is 12. The van der Waals surface area contributed by atoms with Crippen molar-refractivity contribution in [3.05, 3.63) is 65.7 Å². The molecule has 0 aliphatic carbocycles. The maximum atomic E-state index is 12.5. The molecule has 2 aliphatic heterocycles. The number of aryl methyl sites for hydroxylation is 1. The summed E-state index contributed by atoms with van der Waals surface area (Å²) in [6.45, 7) is 6.52. The van der Waals surface area contributed by atoms with Gasteiger partial charge >= 0.3 is 5.97 Å². The van der Waals surface area contributed by atoms with Crippen LogP contribution < -0.4 is 0 Å². The van der Waals surface area contributed by atoms with Gasteiger partial charge in [0.05, 0.1) is 24.7 Å². The zero-order valence-electron chi connectivity index (χ0n) is 21.9. The van der Waals surface area contributed by atoms with E-state index in [9.17, 15) is 13.2 Å². The average Bonchev–Trinajstić information content (AvgIpc) is 3.34. The van der Waals surface area contributed by atoms with Gasteiger partial charge in [0.15, 0.2) is 12.1 Å². The highest BCUT2D eigenvalue weighted by atomic mass is 32.2. The zero-order valence-corrected chi connectivity index (χ0v) is 22.7. The lowest BCUT2D eigenvalue weighted by molar-refractivity contribution is -0.237. The minimum absolute atomic E-state index is 0.0535. The first-order chi connectivity index (χ1) is 18.0. The van der Waals surface area contributed by atoms with Gasteiger partial charge in [0.2, 0.25) is 0 Å². The van der Waals surface area contributed by atoms with Crippen molar-refractivity contribution in [3.63, 3.8) is 0 Å². The third-order valence-electron chi connectivity index (χ3n) is 6.09. The van der Waals surface area contributed by atoms with Gasteiger partial charge in [0.25, 0.3) is 10.1 Å². The quantitative estimate of drug-likeness (QED) is 0.222. The molecule has 10 nitrogen and oxygen atoms in total. The summed E-state index contributed by atoms with van der Waals surface area (Å²) in [5.74, 6) is -1.36. The Bertz CT molecular complexity index is 1170. The van der Waals surface area contributed by atoms with E-state index in [0.717, 1.165) is 11.1 Å². The summed E-state index contributed by atoms with van der Waals surface area (Å²) in [6.07, 6.45) is -3.39. The maximum absolute atomic E-state index is 12.5. The topological polar surface area (TPSA) is 116 Å². The molecule has 4 rings (SSSR count). The van der Waals surface area contributed by atoms with Gasteiger partial charge in [-0.25, -0.2) is 0 Å². The maximum Gasteiger partial charge on any atom is 0.302 e. The standard InChI is InChI=1S/C27H34O10S/c1-18-10-12-21(13-11-18)38(29,30)34-15-14-31-22(17-32-19(2)28)23-24(33-16-20-8-6-5-7-9-20)25-26(35-23)37-27(3,4)36-25/h5-13,22-26H,14-17H2,1-4H3/t22-,23-,24+,25-,26-/m1/s1. The van der Waals surface area contributed by atoms with Gasteiger partial charge in [0, 0.05) is 6.92 Å². The fraction of sp³-hybridized carbons (Fsp3) is 0.519. The van der Waals surface area contributed by atoms with Gasteiger partial charge in [-0.1, -0.05) is 48.0 Å². The summed E-state index contributed by atoms with van der Waals surface area (Å²) in [5, 5.41) is 0. The van der Waals surface area contributed by atoms with Crippen molar-refractivity contribution in [3.8, 4) is 0 Å². The average molecular weight is 551 g/mol. The molecule has 2 aromatic carbocycles. The second-order valence-electron chi connectivity index (χ2n) is 9.63. The van der Waals surface area contributed by atoms with Gasteiger partial charge in [-0.15, -0.1) is 0 Å². The van der Waals surface area contributed by atoms with Crippen molar-refractivity contribution in [2.45, 2.75) is 75.7 Å². The monoisotopic (exact) mass is 550 g/mol. The number of hydrogen-bond acceptors (Lipinski definition) is 10. The third-order valence-corrected chi connectivity index (χ3v) is 7.42. The van der Waals surface area contributed by atoms with Crippen LogP contribution in [0.3, 0.4) is 0 Å². The minimum Gasteiger partial charge on any atom is -0.463 e. The van der Waals surface area contributed by atoms with Crippen LogP contribution in [0.4, 0.5) is 0 Å². The molecule has 208 valence electrons. The van der Waals surface area contributed by atoms with Crippen LogP contribution in [0, 0.1) is 6.92 Å². The van der Waals surface area contributed by atoms with Crippen molar-refractivity contribution in [1.82, 2.24) is 0 Å². The first kappa shape index (κ1) is 28.6. The molecule has 0 saturated carbocycles. The second-order valence-corrected chi connectivity index (χ2v) is 11.2. The van der Waals surface area contributed by atoms with Crippen molar-refractivity contribution >= 4 is 16.1 Å². The molecule has 0 N–H and O–H groups in total. The van der Waals surface area contributed by atoms with Crippen molar-refractivity contribution in [2.24, 2.45) is 0 Å². The summed E-state index contributed by atoms with van der Waals surface area (Å²) in [6, 6.07) is 16.0. The van der Waals surface area contributed by atoms with Gasteiger partial charge in [-0.05, 0) is 38.5 Å². The molecule has 0 radical (unpaired) electrons. The Morgan fingerprint density at radius 2 is 1.74 bits per heavy atom. The Labute approximate surface area is 223 Å². The predicted octanol–water partition coefficient (Wildman–Crippen LogP) is 3.11. The molecule has 11 heteroatoms. The van der Waals surface area contributed by atoms with Gasteiger partial charge in [-0.2, -0.15) is 8.42 Å². The molecule has 0 bridgehead atoms. The van der Waals surface area contributed by atoms with Crippen LogP contribution >= 0.6 is 0 Å². The highest BCUT2D eigenvalue weighted by molar-refractivity contribution is 7.86. The van der Waals surface area contributed by atoms with E-state index in [4.69, 9.17) is 32.6 Å². The molecule has 38 heavy (non-hydrogen) atoms. The first-order valence-corrected chi connectivity index (χ1v) is 13.8. The summed E-state index contributed by atoms with van der Waals surface area (Å²) in [5.41, 5.74) is 1.89. The largest absolute Gasteiger partial charge is 0.463 e. The number of benzene rings is 2. The highest BCUT2D eigenvalue weighted by Gasteiger charge is 2.57. The Morgan fingerprint density at radius 3 is 2.42 bits per heavy atom. The molecule has 0 amide bonds. The van der Waals surface area contributed by atoms with E-state index in [-0.39, 0.29) is 31.3 Å². The number of carbonyl (C=O) groups excluding carboxylic acids is 1. The number of fused-ring (bicyclic) bond motifs is 1. The molecule has 2 heterocycles. The number of esters is 1. The number of ether oxygens (including phenoxy) is 6. The molecule has 2 saturated heterocycles. The van der Waals surface area contributed by atoms with Crippen LogP contribution in [0.5, 0.6) is 0 Å². The first-order valence-electron chi connectivity index (χ1n) is 12.4. The van der Waals surface area contributed by atoms with Crippen LogP contribution in [0.2, 0.25) is 0 Å². The molecular weight excluding hydrogens is 516 g/mol. The lowest BCUT2D eigenvalue weighted by Gasteiger charge is -2.30. The minimum atomic E-state index is -3.96. The van der Waals surface area contributed by atoms with Crippen molar-refractivity contribution in [1.29, 1.82) is 0 Å². The van der Waals surface area contributed by atoms with Crippen LogP contribution in [0.15, 0.2) is 59.5 Å². The summed E-state index contributed by atoms with van der Waals surface area (Å²) in [4.78, 5) is 11.6. The molecule has 0 unspecified atom stereocenters. The van der Waals surface area contributed by atoms with Crippen LogP contribution in [-0.2, 0) is 54.1 Å². The Hall–Kier alpha value is -2.38. The SMILES string of the molecule is CC(=O)OC[C@@H](OCCOS(=O)(=O)c1ccc(C)cc1)[C@H]1O[C@@H]2OC(C)(C)O[C@@H]2[C@H]1OCc1ccccc1. The molecule has 2 aromatic rings. The fourth-order valence-electron chi connectivity index (χ4n) is 4.31. The van der Waals surface area contributed by atoms with Crippen molar-refractivity contribution < 1.29 is 45.8 Å². The van der Waals surface area contributed by atoms with Crippen molar-refractivity contribution in [2.75, 3.05) is 19.8 Å². The smallest absolute Gasteiger partial charge is 0.302 e. The van der Waals surface area contributed by atoms with Gasteiger partial charge < -0.3 is 28.4 Å². The summed E-state index contributed by atoms with van der Waals surface area (Å²) < 4.78 is 65.7. The zero-order chi connectivity index (χ0) is 27.3. The van der Waals surface area contributed by atoms with Gasteiger partial charge in [0.1, 0.15) is 31.0 Å². The van der Waals surface area contributed by atoms with Crippen LogP contribution in [-0.4, -0.2) is 70.7 Å². The van der Waals surface area contributed by atoms with E-state index in [1.54, 1.807) is 26.0 Å². The number of carbonyl (C=O) groups is 1. The fourth-order valence-corrected chi connectivity index (χ4v) is 5.21.